The van der Waals surface area contributed by atoms with Crippen molar-refractivity contribution in [3.8, 4) is 0 Å². The largest absolute Gasteiger partial charge is 0.398 e. The van der Waals surface area contributed by atoms with Gasteiger partial charge in [-0.1, -0.05) is 39.0 Å². The molecule has 0 aliphatic rings. The molecule has 0 aliphatic carbocycles. The lowest BCUT2D eigenvalue weighted by molar-refractivity contribution is 0.249. The summed E-state index contributed by atoms with van der Waals surface area (Å²) in [4.78, 5) is 2.43. The van der Waals surface area contributed by atoms with Gasteiger partial charge in [-0.25, -0.2) is 0 Å². The van der Waals surface area contributed by atoms with Gasteiger partial charge < -0.3 is 5.73 Å². The molecule has 2 heteroatoms. The molecule has 0 saturated heterocycles. The first-order valence-electron chi connectivity index (χ1n) is 5.69. The second-order valence-corrected chi connectivity index (χ2v) is 4.42. The molecule has 0 bridgehead atoms. The van der Waals surface area contributed by atoms with Crippen molar-refractivity contribution in [2.24, 2.45) is 5.92 Å². The van der Waals surface area contributed by atoms with Crippen molar-refractivity contribution in [1.82, 2.24) is 4.90 Å². The zero-order valence-electron chi connectivity index (χ0n) is 10.0. The molecule has 0 heterocycles. The van der Waals surface area contributed by atoms with Gasteiger partial charge in [0, 0.05) is 18.8 Å². The summed E-state index contributed by atoms with van der Waals surface area (Å²) < 4.78 is 0. The van der Waals surface area contributed by atoms with E-state index in [-0.39, 0.29) is 0 Å². The van der Waals surface area contributed by atoms with E-state index < -0.39 is 0 Å². The molecule has 0 unspecified atom stereocenters. The summed E-state index contributed by atoms with van der Waals surface area (Å²) in [6, 6.07) is 8.11. The van der Waals surface area contributed by atoms with Gasteiger partial charge >= 0.3 is 0 Å². The van der Waals surface area contributed by atoms with Crippen LogP contribution in [0.1, 0.15) is 26.3 Å². The van der Waals surface area contributed by atoms with Gasteiger partial charge in [0.25, 0.3) is 0 Å². The van der Waals surface area contributed by atoms with E-state index in [0.29, 0.717) is 5.92 Å². The Labute approximate surface area is 93.1 Å². The van der Waals surface area contributed by atoms with Gasteiger partial charge in [0.05, 0.1) is 0 Å². The Hall–Kier alpha value is -1.02. The average Bonchev–Trinajstić information content (AvgIpc) is 2.19. The molecule has 0 amide bonds. The van der Waals surface area contributed by atoms with E-state index in [1.54, 1.807) is 0 Å². The Morgan fingerprint density at radius 2 is 1.93 bits per heavy atom. The Kier molecular flexibility index (Phi) is 4.63. The van der Waals surface area contributed by atoms with Crippen LogP contribution in [-0.2, 0) is 6.54 Å². The molecule has 2 N–H and O–H groups in total. The Morgan fingerprint density at radius 3 is 2.47 bits per heavy atom. The van der Waals surface area contributed by atoms with Gasteiger partial charge in [-0.05, 0) is 24.1 Å². The van der Waals surface area contributed by atoms with Crippen molar-refractivity contribution in [3.63, 3.8) is 0 Å². The molecule has 0 fully saturated rings. The molecule has 1 aromatic carbocycles. The minimum atomic E-state index is 0.704. The second-order valence-electron chi connectivity index (χ2n) is 4.42. The van der Waals surface area contributed by atoms with Crippen molar-refractivity contribution in [1.29, 1.82) is 0 Å². The highest BCUT2D eigenvalue weighted by Gasteiger charge is 2.07. The molecule has 1 aromatic rings. The second kappa shape index (κ2) is 5.76. The first-order chi connectivity index (χ1) is 7.13. The molecular formula is C13H22N2. The van der Waals surface area contributed by atoms with E-state index in [2.05, 4.69) is 37.8 Å². The van der Waals surface area contributed by atoms with Crippen molar-refractivity contribution >= 4 is 5.69 Å². The van der Waals surface area contributed by atoms with Crippen molar-refractivity contribution in [3.05, 3.63) is 29.8 Å². The minimum absolute atomic E-state index is 0.704. The van der Waals surface area contributed by atoms with Crippen LogP contribution in [-0.4, -0.2) is 18.0 Å². The van der Waals surface area contributed by atoms with Crippen molar-refractivity contribution < 1.29 is 0 Å². The molecule has 0 saturated carbocycles. The predicted molar refractivity (Wildman–Crippen MR) is 66.6 cm³/mol. The molecule has 0 radical (unpaired) electrons. The molecular weight excluding hydrogens is 184 g/mol. The fourth-order valence-electron chi connectivity index (χ4n) is 1.74. The van der Waals surface area contributed by atoms with Crippen LogP contribution in [0, 0.1) is 5.92 Å². The average molecular weight is 206 g/mol. The van der Waals surface area contributed by atoms with Crippen LogP contribution < -0.4 is 5.73 Å². The fraction of sp³-hybridized carbons (Fsp3) is 0.538. The summed E-state index contributed by atoms with van der Waals surface area (Å²) in [5.74, 6) is 0.704. The zero-order valence-corrected chi connectivity index (χ0v) is 10.0. The first-order valence-corrected chi connectivity index (χ1v) is 5.69. The maximum atomic E-state index is 5.93. The predicted octanol–water partition coefficient (Wildman–Crippen LogP) is 2.75. The Morgan fingerprint density at radius 1 is 1.27 bits per heavy atom. The fourth-order valence-corrected chi connectivity index (χ4v) is 1.74. The van der Waals surface area contributed by atoms with Gasteiger partial charge in [0.2, 0.25) is 0 Å². The lowest BCUT2D eigenvalue weighted by atomic mass is 10.1. The number of rotatable bonds is 5. The summed E-state index contributed by atoms with van der Waals surface area (Å²) in [5, 5.41) is 0. The van der Waals surface area contributed by atoms with Crippen LogP contribution in [0.5, 0.6) is 0 Å². The standard InChI is InChI=1S/C13H22N2/c1-4-15(9-11(2)3)10-12-7-5-6-8-13(12)14/h5-8,11H,4,9-10,14H2,1-3H3. The molecule has 15 heavy (non-hydrogen) atoms. The van der Waals surface area contributed by atoms with Crippen LogP contribution in [0.4, 0.5) is 5.69 Å². The van der Waals surface area contributed by atoms with E-state index in [4.69, 9.17) is 5.73 Å². The van der Waals surface area contributed by atoms with Gasteiger partial charge in [-0.2, -0.15) is 0 Å². The lowest BCUT2D eigenvalue weighted by Gasteiger charge is -2.23. The van der Waals surface area contributed by atoms with Gasteiger partial charge in [0.15, 0.2) is 0 Å². The number of hydrogen-bond acceptors (Lipinski definition) is 2. The molecule has 84 valence electrons. The SMILES string of the molecule is CCN(Cc1ccccc1N)CC(C)C. The highest BCUT2D eigenvalue weighted by Crippen LogP contribution is 2.14. The van der Waals surface area contributed by atoms with Crippen LogP contribution in [0.2, 0.25) is 0 Å². The highest BCUT2D eigenvalue weighted by molar-refractivity contribution is 5.46. The van der Waals surface area contributed by atoms with E-state index in [1.807, 2.05) is 12.1 Å². The summed E-state index contributed by atoms with van der Waals surface area (Å²) >= 11 is 0. The maximum Gasteiger partial charge on any atom is 0.0359 e. The lowest BCUT2D eigenvalue weighted by Crippen LogP contribution is -2.27. The quantitative estimate of drug-likeness (QED) is 0.751. The summed E-state index contributed by atoms with van der Waals surface area (Å²) in [6.45, 7) is 9.86. The minimum Gasteiger partial charge on any atom is -0.398 e. The molecule has 0 atom stereocenters. The number of benzene rings is 1. The third-order valence-corrected chi connectivity index (χ3v) is 2.52. The van der Waals surface area contributed by atoms with Crippen LogP contribution in [0.25, 0.3) is 0 Å². The topological polar surface area (TPSA) is 29.3 Å². The van der Waals surface area contributed by atoms with E-state index in [0.717, 1.165) is 25.3 Å². The molecule has 0 aromatic heterocycles. The van der Waals surface area contributed by atoms with Crippen LogP contribution in [0.15, 0.2) is 24.3 Å². The van der Waals surface area contributed by atoms with Crippen molar-refractivity contribution in [2.75, 3.05) is 18.8 Å². The molecule has 2 nitrogen and oxygen atoms in total. The normalized spacial score (nSPS) is 11.3. The Bertz CT molecular complexity index is 294. The summed E-state index contributed by atoms with van der Waals surface area (Å²) in [6.07, 6.45) is 0. The monoisotopic (exact) mass is 206 g/mol. The van der Waals surface area contributed by atoms with E-state index in [1.165, 1.54) is 5.56 Å². The summed E-state index contributed by atoms with van der Waals surface area (Å²) in [7, 11) is 0. The van der Waals surface area contributed by atoms with E-state index in [9.17, 15) is 0 Å². The number of nitrogens with zero attached hydrogens (tertiary/aromatic N) is 1. The number of para-hydroxylation sites is 1. The third kappa shape index (κ3) is 3.92. The van der Waals surface area contributed by atoms with E-state index >= 15 is 0 Å². The number of hydrogen-bond donors (Lipinski definition) is 1. The molecule has 0 aliphatic heterocycles. The number of nitrogen functional groups attached to an aromatic ring is 1. The van der Waals surface area contributed by atoms with Crippen LogP contribution in [0.3, 0.4) is 0 Å². The zero-order chi connectivity index (χ0) is 11.3. The number of anilines is 1. The number of nitrogens with two attached hydrogens (primary N) is 1. The third-order valence-electron chi connectivity index (χ3n) is 2.52. The van der Waals surface area contributed by atoms with Gasteiger partial charge in [-0.3, -0.25) is 4.90 Å². The maximum absolute atomic E-state index is 5.93. The summed E-state index contributed by atoms with van der Waals surface area (Å²) in [5.41, 5.74) is 8.07. The smallest absolute Gasteiger partial charge is 0.0359 e. The Balaban J connectivity index is 2.62. The molecule has 1 rings (SSSR count). The first kappa shape index (κ1) is 12.1. The van der Waals surface area contributed by atoms with Gasteiger partial charge in [-0.15, -0.1) is 0 Å². The van der Waals surface area contributed by atoms with Crippen molar-refractivity contribution in [2.45, 2.75) is 27.3 Å². The molecule has 0 spiro atoms. The van der Waals surface area contributed by atoms with Gasteiger partial charge in [0.1, 0.15) is 0 Å². The highest BCUT2D eigenvalue weighted by atomic mass is 15.1. The van der Waals surface area contributed by atoms with Crippen LogP contribution >= 0.6 is 0 Å².